The molecule has 1 heterocycles. The van der Waals surface area contributed by atoms with E-state index in [2.05, 4.69) is 5.32 Å². The molecule has 60 valence electrons. The molecular weight excluding hydrogens is 133 g/mol. The fourth-order valence-corrected chi connectivity index (χ4v) is 1.27. The third-order valence-corrected chi connectivity index (χ3v) is 2.20. The lowest BCUT2D eigenvalue weighted by atomic mass is 9.90. The molecule has 2 N–H and O–H groups in total. The van der Waals surface area contributed by atoms with E-state index in [4.69, 9.17) is 0 Å². The maximum atomic E-state index is 13.4. The van der Waals surface area contributed by atoms with Gasteiger partial charge in [-0.1, -0.05) is 6.92 Å². The van der Waals surface area contributed by atoms with Crippen molar-refractivity contribution >= 4 is 0 Å². The zero-order valence-electron chi connectivity index (χ0n) is 6.23. The lowest BCUT2D eigenvalue weighted by Crippen LogP contribution is -2.51. The van der Waals surface area contributed by atoms with Gasteiger partial charge in [0.05, 0.1) is 6.10 Å². The first-order chi connectivity index (χ1) is 4.69. The van der Waals surface area contributed by atoms with E-state index in [-0.39, 0.29) is 0 Å². The van der Waals surface area contributed by atoms with Crippen LogP contribution >= 0.6 is 0 Å². The second kappa shape index (κ2) is 2.84. The maximum absolute atomic E-state index is 13.4. The summed E-state index contributed by atoms with van der Waals surface area (Å²) >= 11 is 0. The molecule has 0 aromatic carbocycles. The first-order valence-corrected chi connectivity index (χ1v) is 3.77. The van der Waals surface area contributed by atoms with Crippen LogP contribution < -0.4 is 5.32 Å². The molecule has 1 saturated heterocycles. The topological polar surface area (TPSA) is 32.3 Å². The van der Waals surface area contributed by atoms with Crippen LogP contribution in [0.4, 0.5) is 4.39 Å². The predicted octanol–water partition coefficient (Wildman–Crippen LogP) is 0.459. The molecule has 0 unspecified atom stereocenters. The average molecular weight is 147 g/mol. The Morgan fingerprint density at radius 1 is 1.80 bits per heavy atom. The monoisotopic (exact) mass is 147 g/mol. The van der Waals surface area contributed by atoms with Crippen molar-refractivity contribution in [1.82, 2.24) is 5.32 Å². The Kier molecular flexibility index (Phi) is 2.26. The molecule has 0 bridgehead atoms. The Labute approximate surface area is 60.4 Å². The van der Waals surface area contributed by atoms with Gasteiger partial charge in [-0.2, -0.15) is 0 Å². The molecule has 0 radical (unpaired) electrons. The molecular formula is C7H14FNO. The second-order valence-corrected chi connectivity index (χ2v) is 2.87. The van der Waals surface area contributed by atoms with Crippen LogP contribution in [0.25, 0.3) is 0 Å². The van der Waals surface area contributed by atoms with Gasteiger partial charge in [-0.3, -0.25) is 0 Å². The van der Waals surface area contributed by atoms with Crippen LogP contribution in [0, 0.1) is 0 Å². The van der Waals surface area contributed by atoms with Gasteiger partial charge in [0.2, 0.25) is 0 Å². The van der Waals surface area contributed by atoms with Crippen molar-refractivity contribution in [3.8, 4) is 0 Å². The third-order valence-electron chi connectivity index (χ3n) is 2.20. The molecule has 0 amide bonds. The van der Waals surface area contributed by atoms with Crippen LogP contribution in [0.1, 0.15) is 19.8 Å². The summed E-state index contributed by atoms with van der Waals surface area (Å²) < 4.78 is 13.4. The van der Waals surface area contributed by atoms with E-state index >= 15 is 0 Å². The van der Waals surface area contributed by atoms with Gasteiger partial charge in [-0.25, -0.2) is 4.39 Å². The van der Waals surface area contributed by atoms with Crippen molar-refractivity contribution in [3.63, 3.8) is 0 Å². The Bertz CT molecular complexity index is 120. The number of hydrogen-bond donors (Lipinski definition) is 2. The fraction of sp³-hybridized carbons (Fsp3) is 1.00. The van der Waals surface area contributed by atoms with Gasteiger partial charge in [0.15, 0.2) is 0 Å². The van der Waals surface area contributed by atoms with Crippen LogP contribution in [0.3, 0.4) is 0 Å². The zero-order valence-corrected chi connectivity index (χ0v) is 6.23. The number of piperidine rings is 1. The Balaban J connectivity index is 2.54. The lowest BCUT2D eigenvalue weighted by Gasteiger charge is -2.33. The highest BCUT2D eigenvalue weighted by Gasteiger charge is 2.38. The van der Waals surface area contributed by atoms with Gasteiger partial charge in [-0.15, -0.1) is 0 Å². The fourth-order valence-electron chi connectivity index (χ4n) is 1.27. The van der Waals surface area contributed by atoms with E-state index < -0.39 is 11.8 Å². The van der Waals surface area contributed by atoms with Gasteiger partial charge in [0.1, 0.15) is 5.67 Å². The highest BCUT2D eigenvalue weighted by molar-refractivity contribution is 4.91. The van der Waals surface area contributed by atoms with Crippen LogP contribution in [0.5, 0.6) is 0 Å². The summed E-state index contributed by atoms with van der Waals surface area (Å²) in [6.07, 6.45) is 0.157. The second-order valence-electron chi connectivity index (χ2n) is 2.87. The maximum Gasteiger partial charge on any atom is 0.148 e. The summed E-state index contributed by atoms with van der Waals surface area (Å²) in [4.78, 5) is 0. The SMILES string of the molecule is CC[C@]1(F)CNCC[C@H]1O. The van der Waals surface area contributed by atoms with Gasteiger partial charge in [-0.05, 0) is 19.4 Å². The number of nitrogens with one attached hydrogen (secondary N) is 1. The van der Waals surface area contributed by atoms with Crippen LogP contribution in [0.2, 0.25) is 0 Å². The highest BCUT2D eigenvalue weighted by atomic mass is 19.1. The van der Waals surface area contributed by atoms with Gasteiger partial charge < -0.3 is 10.4 Å². The minimum atomic E-state index is -1.38. The predicted molar refractivity (Wildman–Crippen MR) is 37.6 cm³/mol. The molecule has 2 nitrogen and oxygen atoms in total. The molecule has 0 aliphatic carbocycles. The Morgan fingerprint density at radius 3 is 2.90 bits per heavy atom. The van der Waals surface area contributed by atoms with Crippen molar-refractivity contribution in [1.29, 1.82) is 0 Å². The summed E-state index contributed by atoms with van der Waals surface area (Å²) in [5.41, 5.74) is -1.38. The standard InChI is InChI=1S/C7H14FNO/c1-2-7(8)5-9-4-3-6(7)10/h6,9-10H,2-5H2,1H3/t6-,7+/m1/s1. The van der Waals surface area contributed by atoms with Crippen molar-refractivity contribution in [2.75, 3.05) is 13.1 Å². The number of aliphatic hydroxyl groups excluding tert-OH is 1. The molecule has 1 fully saturated rings. The molecule has 3 heteroatoms. The first-order valence-electron chi connectivity index (χ1n) is 3.77. The number of aliphatic hydroxyl groups is 1. The summed E-state index contributed by atoms with van der Waals surface area (Å²) in [5.74, 6) is 0. The molecule has 0 aromatic rings. The quantitative estimate of drug-likeness (QED) is 0.564. The Morgan fingerprint density at radius 2 is 2.50 bits per heavy atom. The van der Waals surface area contributed by atoms with E-state index in [0.717, 1.165) is 6.54 Å². The molecule has 10 heavy (non-hydrogen) atoms. The minimum absolute atomic E-state index is 0.296. The smallest absolute Gasteiger partial charge is 0.148 e. The highest BCUT2D eigenvalue weighted by Crippen LogP contribution is 2.24. The summed E-state index contributed by atoms with van der Waals surface area (Å²) in [7, 11) is 0. The molecule has 1 aliphatic rings. The van der Waals surface area contributed by atoms with Gasteiger partial charge >= 0.3 is 0 Å². The zero-order chi connectivity index (χ0) is 7.61. The van der Waals surface area contributed by atoms with Crippen molar-refractivity contribution < 1.29 is 9.50 Å². The van der Waals surface area contributed by atoms with E-state index in [9.17, 15) is 9.50 Å². The van der Waals surface area contributed by atoms with E-state index in [1.54, 1.807) is 6.92 Å². The van der Waals surface area contributed by atoms with Crippen LogP contribution in [0.15, 0.2) is 0 Å². The lowest BCUT2D eigenvalue weighted by molar-refractivity contribution is -0.0316. The molecule has 0 spiro atoms. The normalized spacial score (nSPS) is 41.7. The van der Waals surface area contributed by atoms with Crippen LogP contribution in [-0.2, 0) is 0 Å². The van der Waals surface area contributed by atoms with E-state index in [1.165, 1.54) is 0 Å². The Hall–Kier alpha value is -0.150. The van der Waals surface area contributed by atoms with Gasteiger partial charge in [0, 0.05) is 6.54 Å². The van der Waals surface area contributed by atoms with Gasteiger partial charge in [0.25, 0.3) is 0 Å². The number of alkyl halides is 1. The number of halogens is 1. The van der Waals surface area contributed by atoms with Crippen LogP contribution in [-0.4, -0.2) is 30.0 Å². The number of rotatable bonds is 1. The minimum Gasteiger partial charge on any atom is -0.390 e. The summed E-state index contributed by atoms with van der Waals surface area (Å²) in [5, 5.41) is 12.1. The van der Waals surface area contributed by atoms with Crippen molar-refractivity contribution in [2.45, 2.75) is 31.5 Å². The van der Waals surface area contributed by atoms with Crippen molar-refractivity contribution in [3.05, 3.63) is 0 Å². The largest absolute Gasteiger partial charge is 0.390 e. The summed E-state index contributed by atoms with van der Waals surface area (Å²) in [6.45, 7) is 2.79. The molecule has 1 rings (SSSR count). The molecule has 2 atom stereocenters. The van der Waals surface area contributed by atoms with E-state index in [0.29, 0.717) is 19.4 Å². The molecule has 1 aliphatic heterocycles. The third kappa shape index (κ3) is 1.30. The van der Waals surface area contributed by atoms with Crippen molar-refractivity contribution in [2.24, 2.45) is 0 Å². The molecule has 0 saturated carbocycles. The average Bonchev–Trinajstić information content (AvgIpc) is 1.96. The first kappa shape index (κ1) is 7.95. The summed E-state index contributed by atoms with van der Waals surface area (Å²) in [6, 6.07) is 0. The molecule has 0 aromatic heterocycles. The number of hydrogen-bond acceptors (Lipinski definition) is 2. The van der Waals surface area contributed by atoms with E-state index in [1.807, 2.05) is 0 Å².